The minimum atomic E-state index is -4.49. The van der Waals surface area contributed by atoms with E-state index in [0.29, 0.717) is 71.4 Å². The molecule has 4 aliphatic carbocycles. The quantitative estimate of drug-likeness (QED) is 0.419. The molecule has 2 saturated heterocycles. The molecule has 1 spiro atoms. The number of rotatable bonds is 3. The molecule has 2 aliphatic heterocycles. The van der Waals surface area contributed by atoms with Crippen LogP contribution in [0.4, 0.5) is 13.2 Å². The van der Waals surface area contributed by atoms with Gasteiger partial charge in [-0.05, 0) is 74.5 Å². The van der Waals surface area contributed by atoms with Gasteiger partial charge in [-0.25, -0.2) is 0 Å². The molecule has 42 heavy (non-hydrogen) atoms. The van der Waals surface area contributed by atoms with Crippen LogP contribution in [0.25, 0.3) is 0 Å². The molecule has 9 heteroatoms. The van der Waals surface area contributed by atoms with Crippen LogP contribution in [0, 0.1) is 17.3 Å². The molecule has 2 N–H and O–H groups in total. The van der Waals surface area contributed by atoms with E-state index in [1.807, 2.05) is 26.0 Å². The summed E-state index contributed by atoms with van der Waals surface area (Å²) in [6.45, 7) is 5.98. The number of ether oxygens (including phenoxy) is 4. The number of alkyl halides is 3. The fourth-order valence-electron chi connectivity index (χ4n) is 9.56. The van der Waals surface area contributed by atoms with E-state index in [1.165, 1.54) is 5.57 Å². The number of halogens is 3. The second kappa shape index (κ2) is 9.62. The molecule has 2 heterocycles. The Morgan fingerprint density at radius 2 is 1.55 bits per heavy atom. The van der Waals surface area contributed by atoms with E-state index in [4.69, 9.17) is 18.9 Å². The molecular weight excluding hydrogens is 549 g/mol. The van der Waals surface area contributed by atoms with Crippen LogP contribution in [0.15, 0.2) is 47.6 Å². The predicted octanol–water partition coefficient (Wildman–Crippen LogP) is 6.02. The van der Waals surface area contributed by atoms with Crippen LogP contribution >= 0.6 is 0 Å². The Morgan fingerprint density at radius 1 is 0.881 bits per heavy atom. The number of hydrogen-bond donors (Lipinski definition) is 2. The van der Waals surface area contributed by atoms with Gasteiger partial charge in [0.05, 0.1) is 37.6 Å². The van der Waals surface area contributed by atoms with E-state index < -0.39 is 34.4 Å². The minimum absolute atomic E-state index is 0.0111. The van der Waals surface area contributed by atoms with Crippen LogP contribution in [-0.2, 0) is 24.7 Å². The van der Waals surface area contributed by atoms with E-state index >= 15 is 0 Å². The van der Waals surface area contributed by atoms with Crippen molar-refractivity contribution in [2.45, 2.75) is 100 Å². The number of fused-ring (bicyclic) bond motifs is 4. The zero-order valence-corrected chi connectivity index (χ0v) is 24.3. The van der Waals surface area contributed by atoms with Crippen LogP contribution in [0.1, 0.15) is 82.3 Å². The maximum atomic E-state index is 13.3. The number of allylic oxidation sites excluding steroid dienone is 2. The summed E-state index contributed by atoms with van der Waals surface area (Å²) in [6.07, 6.45) is 1.11. The van der Waals surface area contributed by atoms with Crippen LogP contribution in [-0.4, -0.2) is 59.8 Å². The summed E-state index contributed by atoms with van der Waals surface area (Å²) in [7, 11) is 0. The van der Waals surface area contributed by atoms with Crippen molar-refractivity contribution in [2.24, 2.45) is 17.3 Å². The topological polar surface area (TPSA) is 77.4 Å². The lowest BCUT2D eigenvalue weighted by atomic mass is 9.49. The Labute approximate surface area is 244 Å². The Morgan fingerprint density at radius 3 is 2.21 bits per heavy atom. The van der Waals surface area contributed by atoms with Crippen molar-refractivity contribution in [3.05, 3.63) is 58.7 Å². The number of benzene rings is 1. The van der Waals surface area contributed by atoms with Crippen LogP contribution < -0.4 is 0 Å². The van der Waals surface area contributed by atoms with E-state index in [9.17, 15) is 23.4 Å². The summed E-state index contributed by atoms with van der Waals surface area (Å²) >= 11 is 0. The van der Waals surface area contributed by atoms with Gasteiger partial charge in [0.1, 0.15) is 0 Å². The first-order valence-electron chi connectivity index (χ1n) is 15.4. The third kappa shape index (κ3) is 4.45. The van der Waals surface area contributed by atoms with Gasteiger partial charge in [-0.15, -0.1) is 0 Å². The van der Waals surface area contributed by atoms with E-state index in [0.717, 1.165) is 22.8 Å². The van der Waals surface area contributed by atoms with Gasteiger partial charge in [-0.2, -0.15) is 13.2 Å². The minimum Gasteiger partial charge on any atom is -0.385 e. The third-order valence-electron chi connectivity index (χ3n) is 11.7. The van der Waals surface area contributed by atoms with Crippen molar-refractivity contribution in [3.8, 4) is 0 Å². The summed E-state index contributed by atoms with van der Waals surface area (Å²) in [5.74, 6) is -1.65. The first-order chi connectivity index (χ1) is 19.8. The summed E-state index contributed by atoms with van der Waals surface area (Å²) in [6, 6.07) is 8.13. The smallest absolute Gasteiger partial charge is 0.385 e. The highest BCUT2D eigenvalue weighted by atomic mass is 19.4. The van der Waals surface area contributed by atoms with Gasteiger partial charge in [-0.1, -0.05) is 36.8 Å². The van der Waals surface area contributed by atoms with Gasteiger partial charge in [0.15, 0.2) is 11.6 Å². The van der Waals surface area contributed by atoms with Crippen molar-refractivity contribution in [3.63, 3.8) is 0 Å². The van der Waals surface area contributed by atoms with E-state index in [-0.39, 0.29) is 30.3 Å². The molecule has 0 bridgehead atoms. The van der Waals surface area contributed by atoms with Crippen molar-refractivity contribution >= 4 is 0 Å². The van der Waals surface area contributed by atoms with Gasteiger partial charge in [-0.3, -0.25) is 0 Å². The summed E-state index contributed by atoms with van der Waals surface area (Å²) in [5.41, 5.74) is 0.810. The van der Waals surface area contributed by atoms with Gasteiger partial charge in [0.2, 0.25) is 0 Å². The molecule has 0 amide bonds. The molecule has 6 aliphatic rings. The summed E-state index contributed by atoms with van der Waals surface area (Å²) in [4.78, 5) is 0. The molecule has 1 aromatic rings. The third-order valence-corrected chi connectivity index (χ3v) is 11.7. The summed E-state index contributed by atoms with van der Waals surface area (Å²) in [5, 5.41) is 24.1. The molecule has 5 fully saturated rings. The lowest BCUT2D eigenvalue weighted by Crippen LogP contribution is -2.55. The molecule has 6 atom stereocenters. The predicted molar refractivity (Wildman–Crippen MR) is 147 cm³/mol. The first-order valence-corrected chi connectivity index (χ1v) is 15.4. The lowest BCUT2D eigenvalue weighted by molar-refractivity contribution is -0.208. The van der Waals surface area contributed by atoms with E-state index in [2.05, 4.69) is 12.1 Å². The molecule has 1 aromatic carbocycles. The van der Waals surface area contributed by atoms with Crippen LogP contribution in [0.2, 0.25) is 0 Å². The molecule has 0 unspecified atom stereocenters. The Hall–Kier alpha value is -1.75. The second-order valence-corrected chi connectivity index (χ2v) is 13.8. The average Bonchev–Trinajstić information content (AvgIpc) is 3.65. The molecule has 0 radical (unpaired) electrons. The van der Waals surface area contributed by atoms with Crippen LogP contribution in [0.3, 0.4) is 0 Å². The molecule has 230 valence electrons. The molecular formula is C33H41F3O6. The number of aliphatic hydroxyl groups is 2. The van der Waals surface area contributed by atoms with Crippen molar-refractivity contribution in [1.82, 2.24) is 0 Å². The maximum absolute atomic E-state index is 13.3. The normalized spacial score (nSPS) is 40.9. The highest BCUT2D eigenvalue weighted by molar-refractivity contribution is 5.45. The first kappa shape index (κ1) is 29.0. The highest BCUT2D eigenvalue weighted by Crippen LogP contribution is 2.68. The molecule has 0 aromatic heterocycles. The number of hydrogen-bond acceptors (Lipinski definition) is 6. The molecule has 7 rings (SSSR count). The zero-order chi connectivity index (χ0) is 29.6. The highest BCUT2D eigenvalue weighted by Gasteiger charge is 2.64. The summed E-state index contributed by atoms with van der Waals surface area (Å²) < 4.78 is 63.7. The molecule has 6 nitrogen and oxygen atoms in total. The zero-order valence-electron chi connectivity index (χ0n) is 24.3. The monoisotopic (exact) mass is 590 g/mol. The van der Waals surface area contributed by atoms with E-state index in [1.54, 1.807) is 0 Å². The Balaban J connectivity index is 1.32. The van der Waals surface area contributed by atoms with Crippen molar-refractivity contribution in [2.75, 3.05) is 26.4 Å². The van der Waals surface area contributed by atoms with Crippen molar-refractivity contribution in [1.29, 1.82) is 0 Å². The van der Waals surface area contributed by atoms with Crippen molar-refractivity contribution < 1.29 is 42.3 Å². The van der Waals surface area contributed by atoms with Gasteiger partial charge in [0.25, 0.3) is 0 Å². The second-order valence-electron chi connectivity index (χ2n) is 13.8. The maximum Gasteiger partial charge on any atom is 0.409 e. The fraction of sp³-hybridized carbons (Fsp3) is 0.697. The van der Waals surface area contributed by atoms with Gasteiger partial charge >= 0.3 is 6.18 Å². The molecule has 3 saturated carbocycles. The SMILES string of the molecule is CC1(c2ccc([C@H]3C[C@@]4(C)[C@@H](CC[C@@]4(O)/C=C/C(F)(F)F)[C@@H]4CC[C@@]5(O)CC6(CCC5=C43)OCCO6)cc2)OCCO1. The fourth-order valence-corrected chi connectivity index (χ4v) is 9.56. The van der Waals surface area contributed by atoms with Gasteiger partial charge < -0.3 is 29.2 Å². The lowest BCUT2D eigenvalue weighted by Gasteiger charge is -2.57. The standard InChI is InChI=1S/C33H41F3O6/c1-28-19-24(21-3-5-22(6-4-21)29(2)39-15-16-40-29)27-23(25(28)8-11-31(28,38)13-14-33(34,35)36)7-10-30(37)20-32(12-9-26(27)30)41-17-18-42-32/h3-6,13-14,23-25,37-38H,7-12,15-20H2,1-2H3/b14-13+/t23-,24+,25-,28-,30+,31+/m0/s1. The average molecular weight is 591 g/mol. The largest absolute Gasteiger partial charge is 0.409 e. The Bertz CT molecular complexity index is 1280. The van der Waals surface area contributed by atoms with Crippen LogP contribution in [0.5, 0.6) is 0 Å². The Kier molecular flexibility index (Phi) is 6.64. The van der Waals surface area contributed by atoms with Gasteiger partial charge in [0, 0.05) is 35.8 Å².